The highest BCUT2D eigenvalue weighted by Crippen LogP contribution is 2.18. The van der Waals surface area contributed by atoms with E-state index in [4.69, 9.17) is 0 Å². The van der Waals surface area contributed by atoms with Crippen LogP contribution in [0.2, 0.25) is 0 Å². The summed E-state index contributed by atoms with van der Waals surface area (Å²) in [5, 5.41) is 4.23. The van der Waals surface area contributed by atoms with Gasteiger partial charge in [-0.15, -0.1) is 0 Å². The number of carbonyl (C=O) groups is 3. The molecule has 1 fully saturated rings. The van der Waals surface area contributed by atoms with Crippen molar-refractivity contribution < 1.29 is 14.4 Å². The number of hydrogen-bond acceptors (Lipinski definition) is 5. The lowest BCUT2D eigenvalue weighted by molar-refractivity contribution is -0.128. The minimum Gasteiger partial charge on any atom is -0.345 e. The van der Waals surface area contributed by atoms with Crippen LogP contribution in [0, 0.1) is 0 Å². The Morgan fingerprint density at radius 1 is 1.10 bits per heavy atom. The topological polar surface area (TPSA) is 94.1 Å². The number of hydrazine groups is 1. The fourth-order valence-corrected chi connectivity index (χ4v) is 3.72. The second kappa shape index (κ2) is 8.99. The van der Waals surface area contributed by atoms with Crippen LogP contribution in [0.3, 0.4) is 0 Å². The first-order valence-electron chi connectivity index (χ1n) is 10.4. The predicted octanol–water partition coefficient (Wildman–Crippen LogP) is 1.76. The van der Waals surface area contributed by atoms with E-state index in [9.17, 15) is 14.4 Å². The second-order valence-corrected chi connectivity index (χ2v) is 7.64. The zero-order valence-corrected chi connectivity index (χ0v) is 17.4. The average Bonchev–Trinajstić information content (AvgIpc) is 3.19. The first-order valence-corrected chi connectivity index (χ1v) is 10.4. The third kappa shape index (κ3) is 4.58. The molecule has 31 heavy (non-hydrogen) atoms. The zero-order chi connectivity index (χ0) is 21.8. The summed E-state index contributed by atoms with van der Waals surface area (Å²) in [4.78, 5) is 43.3. The number of likely N-dealkylation sites (tertiary alicyclic amines) is 1. The first-order chi connectivity index (χ1) is 15.0. The molecule has 1 unspecified atom stereocenters. The van der Waals surface area contributed by atoms with Gasteiger partial charge in [0.15, 0.2) is 0 Å². The lowest BCUT2D eigenvalue weighted by Crippen LogP contribution is -2.57. The zero-order valence-electron chi connectivity index (χ0n) is 17.4. The molecule has 1 atom stereocenters. The maximum Gasteiger partial charge on any atom is 0.288 e. The number of carbonyl (C=O) groups excluding carboxylic acids is 3. The number of hydrogen-bond donors (Lipinski definition) is 2. The van der Waals surface area contributed by atoms with Crippen molar-refractivity contribution in [1.82, 2.24) is 15.6 Å². The van der Waals surface area contributed by atoms with Crippen LogP contribution in [0.15, 0.2) is 59.6 Å². The van der Waals surface area contributed by atoms with E-state index in [0.717, 1.165) is 24.1 Å². The van der Waals surface area contributed by atoms with Crippen LogP contribution in [-0.2, 0) is 27.5 Å². The molecule has 8 nitrogen and oxygen atoms in total. The lowest BCUT2D eigenvalue weighted by Gasteiger charge is -2.30. The van der Waals surface area contributed by atoms with E-state index in [1.165, 1.54) is 5.01 Å². The average molecular weight is 419 g/mol. The van der Waals surface area contributed by atoms with Gasteiger partial charge in [0.1, 0.15) is 6.04 Å². The Morgan fingerprint density at radius 3 is 2.52 bits per heavy atom. The monoisotopic (exact) mass is 419 g/mol. The van der Waals surface area contributed by atoms with Gasteiger partial charge in [0.25, 0.3) is 11.8 Å². The molecule has 8 heteroatoms. The van der Waals surface area contributed by atoms with Crippen molar-refractivity contribution in [2.45, 2.75) is 38.9 Å². The molecule has 4 rings (SSSR count). The highest BCUT2D eigenvalue weighted by atomic mass is 16.2. The predicted molar refractivity (Wildman–Crippen MR) is 117 cm³/mol. The largest absolute Gasteiger partial charge is 0.345 e. The van der Waals surface area contributed by atoms with E-state index in [1.807, 2.05) is 47.4 Å². The molecule has 2 aliphatic rings. The fraction of sp³-hybridized carbons (Fsp3) is 0.304. The van der Waals surface area contributed by atoms with Crippen molar-refractivity contribution in [2.75, 3.05) is 11.6 Å². The molecule has 2 heterocycles. The Kier molecular flexibility index (Phi) is 5.97. The van der Waals surface area contributed by atoms with Gasteiger partial charge in [-0.05, 0) is 36.6 Å². The van der Waals surface area contributed by atoms with Gasteiger partial charge in [-0.25, -0.2) is 10.0 Å². The smallest absolute Gasteiger partial charge is 0.288 e. The SMILES string of the molecule is CC1N=C(C(=O)NCc2ccccc2CN2CCCC2=O)NN(c2ccccc2)C1=O. The number of rotatable bonds is 6. The summed E-state index contributed by atoms with van der Waals surface area (Å²) in [6, 6.07) is 16.2. The number of amides is 3. The van der Waals surface area contributed by atoms with Crippen LogP contribution in [0.5, 0.6) is 0 Å². The Morgan fingerprint density at radius 2 is 1.81 bits per heavy atom. The van der Waals surface area contributed by atoms with Crippen molar-refractivity contribution in [3.8, 4) is 0 Å². The number of benzene rings is 2. The summed E-state index contributed by atoms with van der Waals surface area (Å²) in [7, 11) is 0. The van der Waals surface area contributed by atoms with Crippen molar-refractivity contribution >= 4 is 29.2 Å². The Labute approximate surface area is 180 Å². The highest BCUT2D eigenvalue weighted by molar-refractivity contribution is 6.39. The molecule has 2 aromatic rings. The summed E-state index contributed by atoms with van der Waals surface area (Å²) in [6.07, 6.45) is 1.48. The summed E-state index contributed by atoms with van der Waals surface area (Å²) >= 11 is 0. The van der Waals surface area contributed by atoms with Gasteiger partial charge < -0.3 is 10.2 Å². The van der Waals surface area contributed by atoms with Crippen molar-refractivity contribution in [3.05, 3.63) is 65.7 Å². The first kappa shape index (κ1) is 20.6. The highest BCUT2D eigenvalue weighted by Gasteiger charge is 2.30. The Balaban J connectivity index is 1.44. The Hall–Kier alpha value is -3.68. The number of nitrogens with zero attached hydrogens (tertiary/aromatic N) is 3. The van der Waals surface area contributed by atoms with Crippen molar-refractivity contribution in [2.24, 2.45) is 4.99 Å². The van der Waals surface area contributed by atoms with Crippen molar-refractivity contribution in [1.29, 1.82) is 0 Å². The third-order valence-electron chi connectivity index (χ3n) is 5.44. The van der Waals surface area contributed by atoms with E-state index >= 15 is 0 Å². The van der Waals surface area contributed by atoms with Gasteiger partial charge in [-0.2, -0.15) is 0 Å². The summed E-state index contributed by atoms with van der Waals surface area (Å²) in [5.41, 5.74) is 5.42. The molecule has 160 valence electrons. The van der Waals surface area contributed by atoms with E-state index in [0.29, 0.717) is 25.2 Å². The molecule has 0 spiro atoms. The third-order valence-corrected chi connectivity index (χ3v) is 5.44. The van der Waals surface area contributed by atoms with Gasteiger partial charge in [0, 0.05) is 26.1 Å². The van der Waals surface area contributed by atoms with E-state index < -0.39 is 11.9 Å². The molecule has 0 aliphatic carbocycles. The van der Waals surface area contributed by atoms with Gasteiger partial charge in [-0.3, -0.25) is 19.8 Å². The van der Waals surface area contributed by atoms with Crippen LogP contribution < -0.4 is 15.8 Å². The summed E-state index contributed by atoms with van der Waals surface area (Å²) in [5.74, 6) is -0.377. The van der Waals surface area contributed by atoms with Gasteiger partial charge in [-0.1, -0.05) is 42.5 Å². The molecule has 2 aromatic carbocycles. The minimum atomic E-state index is -0.671. The van der Waals surface area contributed by atoms with Gasteiger partial charge in [0.05, 0.1) is 5.69 Å². The quantitative estimate of drug-likeness (QED) is 0.746. The minimum absolute atomic E-state index is 0.0863. The lowest BCUT2D eigenvalue weighted by atomic mass is 10.1. The number of anilines is 1. The number of nitrogens with one attached hydrogen (secondary N) is 2. The molecule has 2 N–H and O–H groups in total. The number of amidine groups is 1. The molecule has 3 amide bonds. The molecule has 0 saturated carbocycles. The molecule has 0 radical (unpaired) electrons. The second-order valence-electron chi connectivity index (χ2n) is 7.64. The van der Waals surface area contributed by atoms with E-state index in [1.54, 1.807) is 19.1 Å². The Bertz CT molecular complexity index is 1020. The van der Waals surface area contributed by atoms with E-state index in [-0.39, 0.29) is 17.6 Å². The fourth-order valence-electron chi connectivity index (χ4n) is 3.72. The molecule has 0 bridgehead atoms. The standard InChI is InChI=1S/C23H25N5O3/c1-16-23(31)28(19-10-3-2-4-11-19)26-21(25-16)22(30)24-14-17-8-5-6-9-18(17)15-27-13-7-12-20(27)29/h2-6,8-11,16H,7,12-15H2,1H3,(H,24,30)(H,25,26). The maximum atomic E-state index is 12.8. The van der Waals surface area contributed by atoms with Crippen molar-refractivity contribution in [3.63, 3.8) is 0 Å². The molecule has 0 aromatic heterocycles. The van der Waals surface area contributed by atoms with Crippen LogP contribution in [0.25, 0.3) is 0 Å². The van der Waals surface area contributed by atoms with Gasteiger partial charge >= 0.3 is 0 Å². The van der Waals surface area contributed by atoms with Crippen LogP contribution in [-0.4, -0.2) is 41.0 Å². The van der Waals surface area contributed by atoms with Crippen LogP contribution in [0.4, 0.5) is 5.69 Å². The summed E-state index contributed by atoms with van der Waals surface area (Å²) in [6.45, 7) is 3.26. The van der Waals surface area contributed by atoms with E-state index in [2.05, 4.69) is 15.7 Å². The van der Waals surface area contributed by atoms with Crippen LogP contribution in [0.1, 0.15) is 30.9 Å². The summed E-state index contributed by atoms with van der Waals surface area (Å²) < 4.78 is 0. The van der Waals surface area contributed by atoms with Crippen LogP contribution >= 0.6 is 0 Å². The number of aliphatic imine (C=N–C) groups is 1. The normalized spacial score (nSPS) is 18.6. The molecule has 1 saturated heterocycles. The molecular weight excluding hydrogens is 394 g/mol. The molecular formula is C23H25N5O3. The number of para-hydroxylation sites is 1. The van der Waals surface area contributed by atoms with Gasteiger partial charge in [0.2, 0.25) is 11.7 Å². The molecule has 2 aliphatic heterocycles. The maximum absolute atomic E-state index is 12.8.